The Morgan fingerprint density at radius 2 is 2.33 bits per heavy atom. The van der Waals surface area contributed by atoms with E-state index in [1.807, 2.05) is 17.8 Å². The van der Waals surface area contributed by atoms with E-state index in [1.165, 1.54) is 0 Å². The fourth-order valence-electron chi connectivity index (χ4n) is 1.27. The van der Waals surface area contributed by atoms with Crippen LogP contribution in [0.1, 0.15) is 5.82 Å². The predicted octanol–water partition coefficient (Wildman–Crippen LogP) is -0.439. The van der Waals surface area contributed by atoms with Gasteiger partial charge in [-0.25, -0.2) is 4.98 Å². The van der Waals surface area contributed by atoms with Gasteiger partial charge in [0.2, 0.25) is 0 Å². The molecule has 0 aliphatic rings. The predicted molar refractivity (Wildman–Crippen MR) is 57.7 cm³/mol. The van der Waals surface area contributed by atoms with Crippen LogP contribution in [0.15, 0.2) is 12.4 Å². The van der Waals surface area contributed by atoms with Crippen molar-refractivity contribution in [3.63, 3.8) is 0 Å². The first-order valence-electron chi connectivity index (χ1n) is 5.20. The first-order chi connectivity index (χ1) is 7.34. The van der Waals surface area contributed by atoms with Crippen LogP contribution in [0, 0.1) is 0 Å². The molecule has 0 spiro atoms. The molecule has 2 N–H and O–H groups in total. The van der Waals surface area contributed by atoms with Crippen LogP contribution in [-0.4, -0.2) is 47.6 Å². The molecule has 0 fully saturated rings. The van der Waals surface area contributed by atoms with E-state index in [9.17, 15) is 0 Å². The molecule has 0 saturated carbocycles. The summed E-state index contributed by atoms with van der Waals surface area (Å²) in [5.41, 5.74) is 0. The Morgan fingerprint density at radius 1 is 1.47 bits per heavy atom. The van der Waals surface area contributed by atoms with Gasteiger partial charge in [-0.1, -0.05) is 0 Å². The molecule has 1 heterocycles. The molecular formula is C10H19N3O2. The lowest BCUT2D eigenvalue weighted by molar-refractivity contribution is 0.0940. The van der Waals surface area contributed by atoms with Gasteiger partial charge >= 0.3 is 0 Å². The van der Waals surface area contributed by atoms with Crippen LogP contribution in [0.25, 0.3) is 0 Å². The summed E-state index contributed by atoms with van der Waals surface area (Å²) in [6, 6.07) is 0. The number of rotatable bonds is 8. The molecular weight excluding hydrogens is 194 g/mol. The van der Waals surface area contributed by atoms with Crippen molar-refractivity contribution in [1.82, 2.24) is 14.9 Å². The molecule has 0 unspecified atom stereocenters. The maximum Gasteiger partial charge on any atom is 0.109 e. The van der Waals surface area contributed by atoms with Crippen LogP contribution < -0.4 is 5.32 Å². The maximum atomic E-state index is 8.47. The van der Waals surface area contributed by atoms with Gasteiger partial charge in [-0.2, -0.15) is 0 Å². The zero-order valence-electron chi connectivity index (χ0n) is 9.15. The minimum atomic E-state index is 0.0905. The van der Waals surface area contributed by atoms with Gasteiger partial charge in [0.15, 0.2) is 0 Å². The lowest BCUT2D eigenvalue weighted by atomic mass is 10.4. The van der Waals surface area contributed by atoms with E-state index in [0.717, 1.165) is 25.3 Å². The second-order valence-electron chi connectivity index (χ2n) is 3.29. The number of hydrogen-bond donors (Lipinski definition) is 2. The average molecular weight is 213 g/mol. The van der Waals surface area contributed by atoms with E-state index in [-0.39, 0.29) is 6.61 Å². The standard InChI is InChI=1S/C10H19N3O2/c1-13-6-4-12-10(13)2-3-11-5-8-15-9-7-14/h4,6,11,14H,2-3,5,7-9H2,1H3. The van der Waals surface area contributed by atoms with Crippen LogP contribution in [-0.2, 0) is 18.2 Å². The summed E-state index contributed by atoms with van der Waals surface area (Å²) in [5, 5.41) is 11.7. The fourth-order valence-corrected chi connectivity index (χ4v) is 1.27. The minimum Gasteiger partial charge on any atom is -0.394 e. The Bertz CT molecular complexity index is 263. The van der Waals surface area contributed by atoms with Gasteiger partial charge in [0, 0.05) is 39.0 Å². The molecule has 0 atom stereocenters. The van der Waals surface area contributed by atoms with Crippen LogP contribution in [0.3, 0.4) is 0 Å². The molecule has 5 nitrogen and oxygen atoms in total. The zero-order valence-corrected chi connectivity index (χ0v) is 9.15. The monoisotopic (exact) mass is 213 g/mol. The SMILES string of the molecule is Cn1ccnc1CCNCCOCCO. The molecule has 0 radical (unpaired) electrons. The first kappa shape index (κ1) is 12.2. The molecule has 1 aromatic rings. The Kier molecular flexibility index (Phi) is 5.99. The third-order valence-electron chi connectivity index (χ3n) is 2.11. The number of nitrogens with one attached hydrogen (secondary N) is 1. The molecule has 5 heteroatoms. The number of nitrogens with zero attached hydrogens (tertiary/aromatic N) is 2. The molecule has 1 aromatic heterocycles. The highest BCUT2D eigenvalue weighted by Crippen LogP contribution is 1.93. The molecule has 0 aromatic carbocycles. The van der Waals surface area contributed by atoms with Crippen molar-refractivity contribution in [2.75, 3.05) is 32.9 Å². The summed E-state index contributed by atoms with van der Waals surface area (Å²) in [6.07, 6.45) is 4.67. The molecule has 0 aliphatic carbocycles. The highest BCUT2D eigenvalue weighted by Gasteiger charge is 1.97. The lowest BCUT2D eigenvalue weighted by Gasteiger charge is -2.05. The lowest BCUT2D eigenvalue weighted by Crippen LogP contribution is -2.23. The van der Waals surface area contributed by atoms with E-state index < -0.39 is 0 Å². The molecule has 0 saturated heterocycles. The summed E-state index contributed by atoms with van der Waals surface area (Å²) in [4.78, 5) is 4.22. The molecule has 0 aliphatic heterocycles. The third-order valence-corrected chi connectivity index (χ3v) is 2.11. The maximum absolute atomic E-state index is 8.47. The van der Waals surface area contributed by atoms with Crippen molar-refractivity contribution < 1.29 is 9.84 Å². The Morgan fingerprint density at radius 3 is 3.00 bits per heavy atom. The average Bonchev–Trinajstić information content (AvgIpc) is 2.63. The minimum absolute atomic E-state index is 0.0905. The summed E-state index contributed by atoms with van der Waals surface area (Å²) in [5.74, 6) is 1.08. The molecule has 0 bridgehead atoms. The number of aliphatic hydroxyl groups is 1. The zero-order chi connectivity index (χ0) is 10.9. The number of aliphatic hydroxyl groups excluding tert-OH is 1. The summed E-state index contributed by atoms with van der Waals surface area (Å²) < 4.78 is 7.13. The van der Waals surface area contributed by atoms with Crippen LogP contribution in [0.2, 0.25) is 0 Å². The number of aromatic nitrogens is 2. The summed E-state index contributed by atoms with van der Waals surface area (Å²) in [6.45, 7) is 2.85. The van der Waals surface area contributed by atoms with Gasteiger partial charge in [0.25, 0.3) is 0 Å². The van der Waals surface area contributed by atoms with Crippen molar-refractivity contribution in [2.24, 2.45) is 7.05 Å². The van der Waals surface area contributed by atoms with E-state index in [4.69, 9.17) is 9.84 Å². The van der Waals surface area contributed by atoms with E-state index >= 15 is 0 Å². The van der Waals surface area contributed by atoms with Crippen molar-refractivity contribution in [1.29, 1.82) is 0 Å². The van der Waals surface area contributed by atoms with E-state index in [1.54, 1.807) is 6.20 Å². The smallest absolute Gasteiger partial charge is 0.109 e. The highest BCUT2D eigenvalue weighted by molar-refractivity contribution is 4.91. The van der Waals surface area contributed by atoms with Crippen LogP contribution in [0.5, 0.6) is 0 Å². The number of ether oxygens (including phenoxy) is 1. The quantitative estimate of drug-likeness (QED) is 0.575. The normalized spacial score (nSPS) is 10.8. The van der Waals surface area contributed by atoms with Gasteiger partial charge in [-0.15, -0.1) is 0 Å². The Labute approximate surface area is 90.1 Å². The van der Waals surface area contributed by atoms with E-state index in [2.05, 4.69) is 10.3 Å². The second kappa shape index (κ2) is 7.39. The topological polar surface area (TPSA) is 59.3 Å². The van der Waals surface area contributed by atoms with Gasteiger partial charge < -0.3 is 19.7 Å². The first-order valence-corrected chi connectivity index (χ1v) is 5.20. The molecule has 15 heavy (non-hydrogen) atoms. The van der Waals surface area contributed by atoms with Gasteiger partial charge in [-0.3, -0.25) is 0 Å². The van der Waals surface area contributed by atoms with Crippen molar-refractivity contribution >= 4 is 0 Å². The van der Waals surface area contributed by atoms with Gasteiger partial charge in [0.05, 0.1) is 19.8 Å². The van der Waals surface area contributed by atoms with Crippen LogP contribution >= 0.6 is 0 Å². The Balaban J connectivity index is 1.96. The molecule has 0 amide bonds. The van der Waals surface area contributed by atoms with E-state index in [0.29, 0.717) is 13.2 Å². The van der Waals surface area contributed by atoms with Crippen molar-refractivity contribution in [2.45, 2.75) is 6.42 Å². The van der Waals surface area contributed by atoms with Gasteiger partial charge in [0.1, 0.15) is 5.82 Å². The molecule has 86 valence electrons. The third kappa shape index (κ3) is 4.92. The number of hydrogen-bond acceptors (Lipinski definition) is 4. The largest absolute Gasteiger partial charge is 0.394 e. The Hall–Kier alpha value is -0.910. The van der Waals surface area contributed by atoms with Crippen molar-refractivity contribution in [3.05, 3.63) is 18.2 Å². The summed E-state index contributed by atoms with van der Waals surface area (Å²) in [7, 11) is 1.99. The molecule has 1 rings (SSSR count). The highest BCUT2D eigenvalue weighted by atomic mass is 16.5. The number of aryl methyl sites for hydroxylation is 1. The second-order valence-corrected chi connectivity index (χ2v) is 3.29. The van der Waals surface area contributed by atoms with Crippen LogP contribution in [0.4, 0.5) is 0 Å². The van der Waals surface area contributed by atoms with Crippen molar-refractivity contribution in [3.8, 4) is 0 Å². The number of imidazole rings is 1. The summed E-state index contributed by atoms with van der Waals surface area (Å²) >= 11 is 0. The fraction of sp³-hybridized carbons (Fsp3) is 0.700. The van der Waals surface area contributed by atoms with Gasteiger partial charge in [-0.05, 0) is 0 Å².